The molecule has 2 aliphatic heterocycles. The van der Waals surface area contributed by atoms with E-state index in [1.165, 1.54) is 64.2 Å². The van der Waals surface area contributed by atoms with Crippen LogP contribution in [-0.4, -0.2) is 140 Å². The van der Waals surface area contributed by atoms with Crippen molar-refractivity contribution in [2.75, 3.05) is 19.8 Å². The van der Waals surface area contributed by atoms with Gasteiger partial charge in [0, 0.05) is 6.42 Å². The lowest BCUT2D eigenvalue weighted by Gasteiger charge is -2.46. The van der Waals surface area contributed by atoms with E-state index in [0.717, 1.165) is 128 Å². The third-order valence-electron chi connectivity index (χ3n) is 16.3. The third-order valence-corrected chi connectivity index (χ3v) is 16.3. The Hall–Kier alpha value is -4.91. The van der Waals surface area contributed by atoms with E-state index in [1.54, 1.807) is 6.08 Å². The van der Waals surface area contributed by atoms with Crippen molar-refractivity contribution in [2.24, 2.45) is 0 Å². The van der Waals surface area contributed by atoms with Gasteiger partial charge in [0.2, 0.25) is 5.91 Å². The Balaban J connectivity index is 1.68. The van der Waals surface area contributed by atoms with Crippen molar-refractivity contribution in [1.82, 2.24) is 5.32 Å². The lowest BCUT2D eigenvalue weighted by Crippen LogP contribution is -2.65. The molecule has 0 bridgehead atoms. The zero-order chi connectivity index (χ0) is 68.7. The molecule has 0 aromatic carbocycles. The predicted octanol–water partition coefficient (Wildman–Crippen LogP) is 15.7. The Labute approximate surface area is 574 Å². The number of carbonyl (C=O) groups excluding carboxylic acids is 1. The summed E-state index contributed by atoms with van der Waals surface area (Å²) in [6.07, 6.45) is 82.3. The Morgan fingerprint density at radius 2 is 0.737 bits per heavy atom. The summed E-state index contributed by atoms with van der Waals surface area (Å²) >= 11 is 0. The van der Waals surface area contributed by atoms with Crippen LogP contribution in [0.2, 0.25) is 0 Å². The molecule has 0 radical (unpaired) electrons. The van der Waals surface area contributed by atoms with Gasteiger partial charge in [-0.3, -0.25) is 4.79 Å². The average Bonchev–Trinajstić information content (AvgIpc) is 0.897. The summed E-state index contributed by atoms with van der Waals surface area (Å²) in [6, 6.07) is -0.967. The van der Waals surface area contributed by atoms with Crippen LogP contribution in [0.15, 0.2) is 182 Å². The van der Waals surface area contributed by atoms with Crippen molar-refractivity contribution in [1.29, 1.82) is 0 Å². The highest BCUT2D eigenvalue weighted by atomic mass is 16.7. The van der Waals surface area contributed by atoms with Gasteiger partial charge in [-0.05, 0) is 135 Å². The molecule has 9 N–H and O–H groups in total. The lowest BCUT2D eigenvalue weighted by atomic mass is 9.97. The first-order valence-corrected chi connectivity index (χ1v) is 36.5. The molecule has 12 atom stereocenters. The number of rotatable bonds is 57. The molecule has 0 saturated carbocycles. The summed E-state index contributed by atoms with van der Waals surface area (Å²) in [5.41, 5.74) is 0. The van der Waals surface area contributed by atoms with Crippen LogP contribution in [0.25, 0.3) is 0 Å². The second kappa shape index (κ2) is 62.6. The van der Waals surface area contributed by atoms with E-state index in [2.05, 4.69) is 189 Å². The molecule has 2 aliphatic rings. The van der Waals surface area contributed by atoms with Gasteiger partial charge in [-0.1, -0.05) is 267 Å². The molecule has 0 aromatic rings. The highest BCUT2D eigenvalue weighted by Gasteiger charge is 2.51. The first kappa shape index (κ1) is 86.2. The lowest BCUT2D eigenvalue weighted by molar-refractivity contribution is -0.359. The van der Waals surface area contributed by atoms with Gasteiger partial charge in [0.05, 0.1) is 32.0 Å². The van der Waals surface area contributed by atoms with Gasteiger partial charge in [0.15, 0.2) is 12.6 Å². The maximum absolute atomic E-state index is 13.3. The van der Waals surface area contributed by atoms with Crippen LogP contribution in [-0.2, 0) is 23.7 Å². The van der Waals surface area contributed by atoms with E-state index >= 15 is 0 Å². The number of aliphatic hydroxyl groups excluding tert-OH is 8. The largest absolute Gasteiger partial charge is 0.394 e. The second-order valence-electron chi connectivity index (χ2n) is 24.6. The summed E-state index contributed by atoms with van der Waals surface area (Å²) in [5.74, 6) is -0.285. The van der Waals surface area contributed by atoms with Crippen LogP contribution in [0, 0.1) is 0 Å². The highest BCUT2D eigenvalue weighted by Crippen LogP contribution is 2.30. The Morgan fingerprint density at radius 3 is 1.16 bits per heavy atom. The third kappa shape index (κ3) is 46.1. The molecule has 0 aliphatic carbocycles. The van der Waals surface area contributed by atoms with Gasteiger partial charge in [0.25, 0.3) is 0 Å². The molecule has 2 fully saturated rings. The van der Waals surface area contributed by atoms with E-state index in [1.807, 2.05) is 6.08 Å². The molecule has 12 unspecified atom stereocenters. The van der Waals surface area contributed by atoms with Gasteiger partial charge in [-0.25, -0.2) is 0 Å². The fourth-order valence-corrected chi connectivity index (χ4v) is 10.5. The van der Waals surface area contributed by atoms with E-state index in [9.17, 15) is 45.6 Å². The first-order chi connectivity index (χ1) is 46.6. The van der Waals surface area contributed by atoms with Crippen LogP contribution < -0.4 is 5.32 Å². The highest BCUT2D eigenvalue weighted by molar-refractivity contribution is 5.76. The molecule has 14 heteroatoms. The second-order valence-corrected chi connectivity index (χ2v) is 24.6. The van der Waals surface area contributed by atoms with E-state index < -0.39 is 86.8 Å². The number of hydrogen-bond acceptors (Lipinski definition) is 13. The van der Waals surface area contributed by atoms with E-state index in [0.29, 0.717) is 12.8 Å². The molecule has 2 heterocycles. The van der Waals surface area contributed by atoms with Gasteiger partial charge in [-0.2, -0.15) is 0 Å². The molecule has 14 nitrogen and oxygen atoms in total. The SMILES string of the molecule is CC/C=C\C/C=C\C/C=C\C/C=C\C/C=C\C/C=C\C/C=C\C/C=C\C/C=C\C/C=C\C/C=C\C/C=C\CCCCCCC(=O)NC(COC1OC(CO)C(OC2OC(CO)C(O)C(O)C2O)C(O)C1O)C(O)/C=C/CC/C=C/CC/C=C/CCCCCCCCCCCC. The number of ether oxygens (including phenoxy) is 4. The maximum atomic E-state index is 13.3. The van der Waals surface area contributed by atoms with Gasteiger partial charge >= 0.3 is 0 Å². The van der Waals surface area contributed by atoms with Crippen LogP contribution in [0.5, 0.6) is 0 Å². The normalized spacial score (nSPS) is 23.5. The smallest absolute Gasteiger partial charge is 0.220 e. The van der Waals surface area contributed by atoms with Gasteiger partial charge < -0.3 is 65.1 Å². The van der Waals surface area contributed by atoms with E-state index in [-0.39, 0.29) is 18.9 Å². The quantitative estimate of drug-likeness (QED) is 0.0204. The molecular formula is C81H129NO13. The van der Waals surface area contributed by atoms with Crippen molar-refractivity contribution in [3.05, 3.63) is 182 Å². The van der Waals surface area contributed by atoms with Crippen LogP contribution >= 0.6 is 0 Å². The number of nitrogens with one attached hydrogen (secondary N) is 1. The number of carbonyl (C=O) groups is 1. The van der Waals surface area contributed by atoms with Crippen molar-refractivity contribution in [2.45, 2.75) is 299 Å². The molecule has 536 valence electrons. The number of allylic oxidation sites excluding steroid dienone is 29. The molecular weight excluding hydrogens is 1190 g/mol. The number of amides is 1. The van der Waals surface area contributed by atoms with Crippen LogP contribution in [0.1, 0.15) is 226 Å². The zero-order valence-corrected chi connectivity index (χ0v) is 58.3. The van der Waals surface area contributed by atoms with Crippen LogP contribution in [0.3, 0.4) is 0 Å². The van der Waals surface area contributed by atoms with Crippen molar-refractivity contribution in [3.63, 3.8) is 0 Å². The summed E-state index contributed by atoms with van der Waals surface area (Å²) in [5, 5.41) is 87.4. The van der Waals surface area contributed by atoms with Crippen LogP contribution in [0.4, 0.5) is 0 Å². The molecule has 1 amide bonds. The summed E-state index contributed by atoms with van der Waals surface area (Å²) in [6.45, 7) is 2.63. The minimum absolute atomic E-state index is 0.228. The van der Waals surface area contributed by atoms with E-state index in [4.69, 9.17) is 18.9 Å². The number of unbranched alkanes of at least 4 members (excludes halogenated alkanes) is 16. The minimum Gasteiger partial charge on any atom is -0.394 e. The zero-order valence-electron chi connectivity index (χ0n) is 58.3. The average molecular weight is 1320 g/mol. The number of hydrogen-bond donors (Lipinski definition) is 9. The van der Waals surface area contributed by atoms with Gasteiger partial charge in [0.1, 0.15) is 48.8 Å². The molecule has 2 saturated heterocycles. The minimum atomic E-state index is -1.81. The predicted molar refractivity (Wildman–Crippen MR) is 391 cm³/mol. The number of aliphatic hydroxyl groups is 8. The molecule has 2 rings (SSSR count). The summed E-state index contributed by atoms with van der Waals surface area (Å²) < 4.78 is 22.8. The Morgan fingerprint density at radius 1 is 0.389 bits per heavy atom. The summed E-state index contributed by atoms with van der Waals surface area (Å²) in [7, 11) is 0. The monoisotopic (exact) mass is 1320 g/mol. The van der Waals surface area contributed by atoms with Crippen molar-refractivity contribution in [3.8, 4) is 0 Å². The maximum Gasteiger partial charge on any atom is 0.220 e. The standard InChI is InChI=1S/C81H129NO13/c1-3-5-7-9-11-13-15-17-19-21-23-25-26-27-28-29-30-31-32-33-34-35-36-37-38-39-40-41-42-43-44-45-47-49-51-53-55-57-59-61-63-65-73(86)82-69(70(85)64-62-60-58-56-54-52-50-48-46-24-22-20-18-16-14-12-10-8-6-4-2)68-92-80-78(91)76(89)79(72(67-84)94-80)95-81-77(90)75(88)74(87)71(66-83)93-81/h5,7,11,13,17,19,23,25,27-28,30-31,33-34,36-37,39-40,42-43,45-48,51,53-54,56,62,64,69-72,74-81,83-85,87-91H,3-4,6,8-10,12,14-16,18,20-22,24,26,29,32,35,38,41,44,49-50,52,55,57-61,63,65-68H2,1-2H3,(H,82,86)/b7-5-,13-11-,19-17-,25-23-,28-27-,31-30-,34-33-,37-36-,40-39-,43-42-,47-45-,48-46+,53-51-,56-54+,64-62+. The molecule has 0 aromatic heterocycles. The van der Waals surface area contributed by atoms with Crippen molar-refractivity contribution >= 4 is 5.91 Å². The summed E-state index contributed by atoms with van der Waals surface area (Å²) in [4.78, 5) is 13.3. The fourth-order valence-electron chi connectivity index (χ4n) is 10.5. The molecule has 95 heavy (non-hydrogen) atoms. The van der Waals surface area contributed by atoms with Crippen molar-refractivity contribution < 1.29 is 64.6 Å². The van der Waals surface area contributed by atoms with Gasteiger partial charge in [-0.15, -0.1) is 0 Å². The first-order valence-electron chi connectivity index (χ1n) is 36.5. The Kier molecular flexibility index (Phi) is 56.8. The fraction of sp³-hybridized carbons (Fsp3) is 0.617. The molecule has 0 spiro atoms. The Bertz CT molecular complexity index is 2300. The topological polar surface area (TPSA) is 228 Å².